The molecule has 3 rings (SSSR count). The molecule has 0 saturated carbocycles. The number of carbonyl (C=O) groups is 1. The average Bonchev–Trinajstić information content (AvgIpc) is 2.99. The Morgan fingerprint density at radius 1 is 1.44 bits per heavy atom. The minimum atomic E-state index is -0.218. The molecule has 0 unspecified atom stereocenters. The van der Waals surface area contributed by atoms with Gasteiger partial charge in [-0.15, -0.1) is 0 Å². The summed E-state index contributed by atoms with van der Waals surface area (Å²) in [6.07, 6.45) is 1.86. The molecule has 0 spiro atoms. The van der Waals surface area contributed by atoms with E-state index >= 15 is 0 Å². The minimum Gasteiger partial charge on any atom is -0.361 e. The predicted molar refractivity (Wildman–Crippen MR) is 92.1 cm³/mol. The van der Waals surface area contributed by atoms with Crippen LogP contribution in [0.15, 0.2) is 34.9 Å². The first-order valence-electron chi connectivity index (χ1n) is 8.65. The molecule has 1 fully saturated rings. The highest BCUT2D eigenvalue weighted by atomic mass is 19.1. The Kier molecular flexibility index (Phi) is 5.48. The summed E-state index contributed by atoms with van der Waals surface area (Å²) in [5.74, 6) is 0.629. The normalized spacial score (nSPS) is 18.3. The summed E-state index contributed by atoms with van der Waals surface area (Å²) < 4.78 is 18.4. The molecule has 0 aliphatic carbocycles. The van der Waals surface area contributed by atoms with E-state index in [0.29, 0.717) is 19.6 Å². The van der Waals surface area contributed by atoms with Crippen LogP contribution in [-0.2, 0) is 17.9 Å². The molecule has 134 valence electrons. The molecule has 1 aliphatic heterocycles. The number of carbonyl (C=O) groups excluding carboxylic acids is 1. The Labute approximate surface area is 147 Å². The van der Waals surface area contributed by atoms with Crippen LogP contribution in [0.2, 0.25) is 0 Å². The first-order chi connectivity index (χ1) is 12.0. The fourth-order valence-corrected chi connectivity index (χ4v) is 3.42. The summed E-state index contributed by atoms with van der Waals surface area (Å²) >= 11 is 0. The summed E-state index contributed by atoms with van der Waals surface area (Å²) in [5.41, 5.74) is 1.71. The number of nitrogens with zero attached hydrogens (tertiary/aromatic N) is 3. The topological polar surface area (TPSA) is 49.6 Å². The van der Waals surface area contributed by atoms with E-state index in [9.17, 15) is 9.18 Å². The fraction of sp³-hybridized carbons (Fsp3) is 0.474. The number of piperidine rings is 1. The molecule has 1 aliphatic rings. The number of halogens is 1. The van der Waals surface area contributed by atoms with Gasteiger partial charge in [0, 0.05) is 26.2 Å². The quantitative estimate of drug-likeness (QED) is 0.836. The van der Waals surface area contributed by atoms with Crippen molar-refractivity contribution in [2.45, 2.75) is 32.9 Å². The van der Waals surface area contributed by atoms with Crippen LogP contribution in [-0.4, -0.2) is 41.0 Å². The van der Waals surface area contributed by atoms with Crippen molar-refractivity contribution < 1.29 is 13.7 Å². The lowest BCUT2D eigenvalue weighted by Crippen LogP contribution is -2.43. The number of aromatic nitrogens is 1. The number of aryl methyl sites for hydroxylation is 1. The van der Waals surface area contributed by atoms with Crippen molar-refractivity contribution in [3.63, 3.8) is 0 Å². The van der Waals surface area contributed by atoms with Crippen molar-refractivity contribution in [3.8, 4) is 0 Å². The van der Waals surface area contributed by atoms with Crippen LogP contribution in [0.3, 0.4) is 0 Å². The summed E-state index contributed by atoms with van der Waals surface area (Å²) in [5, 5.41) is 3.95. The van der Waals surface area contributed by atoms with Crippen LogP contribution in [0.25, 0.3) is 0 Å². The molecule has 1 saturated heterocycles. The van der Waals surface area contributed by atoms with E-state index in [-0.39, 0.29) is 17.6 Å². The van der Waals surface area contributed by atoms with Crippen LogP contribution < -0.4 is 0 Å². The van der Waals surface area contributed by atoms with Crippen molar-refractivity contribution in [1.29, 1.82) is 0 Å². The second-order valence-corrected chi connectivity index (χ2v) is 6.83. The predicted octanol–water partition coefficient (Wildman–Crippen LogP) is 2.99. The van der Waals surface area contributed by atoms with Gasteiger partial charge >= 0.3 is 0 Å². The molecule has 0 bridgehead atoms. The molecule has 6 heteroatoms. The second-order valence-electron chi connectivity index (χ2n) is 6.83. The van der Waals surface area contributed by atoms with E-state index in [1.165, 1.54) is 6.07 Å². The standard InChI is InChI=1S/C19H24FN3O2/c1-14-9-18(21-25-14)13-22(2)19(24)16-6-4-8-23(12-16)11-15-5-3-7-17(20)10-15/h3,5,7,9-10,16H,4,6,8,11-13H2,1-2H3/t16-/m0/s1. The van der Waals surface area contributed by atoms with E-state index in [0.717, 1.165) is 36.4 Å². The Hall–Kier alpha value is -2.21. The first-order valence-corrected chi connectivity index (χ1v) is 8.65. The second kappa shape index (κ2) is 7.78. The lowest BCUT2D eigenvalue weighted by Gasteiger charge is -2.33. The SMILES string of the molecule is Cc1cc(CN(C)C(=O)[C@H]2CCCN(Cc3cccc(F)c3)C2)no1. The summed E-state index contributed by atoms with van der Waals surface area (Å²) in [6.45, 7) is 4.61. The molecular weight excluding hydrogens is 321 g/mol. The lowest BCUT2D eigenvalue weighted by atomic mass is 9.96. The molecule has 0 radical (unpaired) electrons. The molecule has 2 aromatic rings. The Morgan fingerprint density at radius 2 is 2.28 bits per heavy atom. The van der Waals surface area contributed by atoms with Gasteiger partial charge in [0.25, 0.3) is 0 Å². The fourth-order valence-electron chi connectivity index (χ4n) is 3.42. The molecule has 1 amide bonds. The van der Waals surface area contributed by atoms with Crippen LogP contribution >= 0.6 is 0 Å². The molecule has 1 atom stereocenters. The third kappa shape index (κ3) is 4.66. The smallest absolute Gasteiger partial charge is 0.227 e. The highest BCUT2D eigenvalue weighted by molar-refractivity contribution is 5.78. The molecule has 1 aromatic heterocycles. The summed E-state index contributed by atoms with van der Waals surface area (Å²) in [6, 6.07) is 8.51. The zero-order chi connectivity index (χ0) is 17.8. The molecule has 25 heavy (non-hydrogen) atoms. The van der Waals surface area contributed by atoms with Crippen LogP contribution in [0.4, 0.5) is 4.39 Å². The molecular formula is C19H24FN3O2. The first kappa shape index (κ1) is 17.6. The maximum Gasteiger partial charge on any atom is 0.227 e. The average molecular weight is 345 g/mol. The number of rotatable bonds is 5. The van der Waals surface area contributed by atoms with Crippen molar-refractivity contribution in [2.24, 2.45) is 5.92 Å². The largest absolute Gasteiger partial charge is 0.361 e. The minimum absolute atomic E-state index is 0.0275. The number of amides is 1. The van der Waals surface area contributed by atoms with E-state index in [1.54, 1.807) is 24.1 Å². The monoisotopic (exact) mass is 345 g/mol. The van der Waals surface area contributed by atoms with E-state index in [2.05, 4.69) is 10.1 Å². The van der Waals surface area contributed by atoms with Gasteiger partial charge in [0.05, 0.1) is 12.5 Å². The van der Waals surface area contributed by atoms with Gasteiger partial charge in [-0.2, -0.15) is 0 Å². The van der Waals surface area contributed by atoms with Gasteiger partial charge in [-0.1, -0.05) is 17.3 Å². The van der Waals surface area contributed by atoms with Gasteiger partial charge in [0.1, 0.15) is 17.3 Å². The van der Waals surface area contributed by atoms with E-state index in [4.69, 9.17) is 4.52 Å². The highest BCUT2D eigenvalue weighted by Crippen LogP contribution is 2.21. The van der Waals surface area contributed by atoms with Gasteiger partial charge in [-0.25, -0.2) is 4.39 Å². The number of benzene rings is 1. The Bertz CT molecular complexity index is 731. The van der Waals surface area contributed by atoms with Gasteiger partial charge in [-0.3, -0.25) is 9.69 Å². The van der Waals surface area contributed by atoms with Crippen LogP contribution in [0.1, 0.15) is 29.9 Å². The number of hydrogen-bond acceptors (Lipinski definition) is 4. The Morgan fingerprint density at radius 3 is 3.00 bits per heavy atom. The maximum atomic E-state index is 13.3. The maximum absolute atomic E-state index is 13.3. The molecule has 0 N–H and O–H groups in total. The molecule has 5 nitrogen and oxygen atoms in total. The van der Waals surface area contributed by atoms with Gasteiger partial charge in [0.2, 0.25) is 5.91 Å². The third-order valence-electron chi connectivity index (χ3n) is 4.60. The zero-order valence-electron chi connectivity index (χ0n) is 14.7. The summed E-state index contributed by atoms with van der Waals surface area (Å²) in [4.78, 5) is 16.7. The molecule has 2 heterocycles. The van der Waals surface area contributed by atoms with E-state index in [1.807, 2.05) is 19.1 Å². The van der Waals surface area contributed by atoms with Gasteiger partial charge in [0.15, 0.2) is 0 Å². The molecule has 1 aromatic carbocycles. The van der Waals surface area contributed by atoms with Crippen molar-refractivity contribution in [2.75, 3.05) is 20.1 Å². The Balaban J connectivity index is 1.57. The van der Waals surface area contributed by atoms with Gasteiger partial charge in [-0.05, 0) is 44.0 Å². The van der Waals surface area contributed by atoms with Gasteiger partial charge < -0.3 is 9.42 Å². The summed E-state index contributed by atoms with van der Waals surface area (Å²) in [7, 11) is 1.80. The van der Waals surface area contributed by atoms with E-state index < -0.39 is 0 Å². The zero-order valence-corrected chi connectivity index (χ0v) is 14.7. The number of likely N-dealkylation sites (tertiary alicyclic amines) is 1. The number of hydrogen-bond donors (Lipinski definition) is 0. The van der Waals surface area contributed by atoms with Crippen molar-refractivity contribution in [3.05, 3.63) is 53.2 Å². The van der Waals surface area contributed by atoms with Crippen LogP contribution in [0, 0.1) is 18.7 Å². The highest BCUT2D eigenvalue weighted by Gasteiger charge is 2.28. The third-order valence-corrected chi connectivity index (χ3v) is 4.60. The van der Waals surface area contributed by atoms with Crippen molar-refractivity contribution >= 4 is 5.91 Å². The lowest BCUT2D eigenvalue weighted by molar-refractivity contribution is -0.136. The van der Waals surface area contributed by atoms with Crippen molar-refractivity contribution in [1.82, 2.24) is 15.0 Å². The van der Waals surface area contributed by atoms with Crippen LogP contribution in [0.5, 0.6) is 0 Å².